The van der Waals surface area contributed by atoms with Crippen LogP contribution in [0.5, 0.6) is 0 Å². The molecule has 0 atom stereocenters. The number of aryl methyl sites for hydroxylation is 1. The fourth-order valence-corrected chi connectivity index (χ4v) is 2.07. The normalized spacial score (nSPS) is 11.6. The second-order valence-electron chi connectivity index (χ2n) is 2.75. The molecular weight excluding hydrogens is 259 g/mol. The highest BCUT2D eigenvalue weighted by Crippen LogP contribution is 2.18. The van der Waals surface area contributed by atoms with Crippen LogP contribution in [0.25, 0.3) is 0 Å². The van der Waals surface area contributed by atoms with Gasteiger partial charge in [-0.2, -0.15) is 8.42 Å². The van der Waals surface area contributed by atoms with Crippen LogP contribution in [0.1, 0.15) is 11.1 Å². The van der Waals surface area contributed by atoms with E-state index in [4.69, 9.17) is 0 Å². The molecule has 0 aliphatic carbocycles. The average molecular weight is 267 g/mol. The fourth-order valence-electron chi connectivity index (χ4n) is 0.981. The molecule has 0 saturated carbocycles. The zero-order chi connectivity index (χ0) is 10.1. The molecule has 0 bridgehead atoms. The second-order valence-corrected chi connectivity index (χ2v) is 5.04. The summed E-state index contributed by atoms with van der Waals surface area (Å²) in [5.74, 6) is -0.557. The zero-order valence-corrected chi connectivity index (χ0v) is 9.32. The highest BCUT2D eigenvalue weighted by Gasteiger charge is 2.10. The van der Waals surface area contributed by atoms with Crippen molar-refractivity contribution >= 4 is 26.2 Å². The summed E-state index contributed by atoms with van der Waals surface area (Å²) in [6, 6.07) is 5.13. The molecule has 0 amide bonds. The molecule has 0 unspecified atom stereocenters. The average Bonchev–Trinajstić information content (AvgIpc) is 1.94. The highest BCUT2D eigenvalue weighted by molar-refractivity contribution is 9.10. The smallest absolute Gasteiger partial charge is 0.194 e. The molecule has 13 heavy (non-hydrogen) atoms. The topological polar surface area (TPSA) is 34.1 Å². The van der Waals surface area contributed by atoms with Crippen molar-refractivity contribution in [1.29, 1.82) is 0 Å². The van der Waals surface area contributed by atoms with Crippen molar-refractivity contribution in [2.45, 2.75) is 12.7 Å². The second kappa shape index (κ2) is 3.75. The van der Waals surface area contributed by atoms with Crippen LogP contribution in [0.3, 0.4) is 0 Å². The van der Waals surface area contributed by atoms with Crippen LogP contribution >= 0.6 is 15.9 Å². The Morgan fingerprint density at radius 2 is 2.08 bits per heavy atom. The van der Waals surface area contributed by atoms with Crippen LogP contribution in [0, 0.1) is 6.92 Å². The highest BCUT2D eigenvalue weighted by atomic mass is 79.9. The Balaban J connectivity index is 3.08. The van der Waals surface area contributed by atoms with E-state index in [-0.39, 0.29) is 0 Å². The summed E-state index contributed by atoms with van der Waals surface area (Å²) in [6.07, 6.45) is 0. The number of benzene rings is 1. The maximum Gasteiger partial charge on any atom is 0.306 e. The summed E-state index contributed by atoms with van der Waals surface area (Å²) in [5, 5.41) is 0. The number of rotatable bonds is 2. The van der Waals surface area contributed by atoms with E-state index in [0.29, 0.717) is 5.56 Å². The van der Waals surface area contributed by atoms with E-state index in [0.717, 1.165) is 10.0 Å². The van der Waals surface area contributed by atoms with Gasteiger partial charge in [0.25, 0.3) is 0 Å². The molecule has 0 aliphatic heterocycles. The number of halogens is 2. The Morgan fingerprint density at radius 1 is 1.46 bits per heavy atom. The summed E-state index contributed by atoms with van der Waals surface area (Å²) in [6.45, 7) is 1.74. The van der Waals surface area contributed by atoms with Gasteiger partial charge < -0.3 is 0 Å². The van der Waals surface area contributed by atoms with Gasteiger partial charge in [-0.1, -0.05) is 22.0 Å². The third-order valence-electron chi connectivity index (χ3n) is 1.64. The van der Waals surface area contributed by atoms with Crippen molar-refractivity contribution in [3.63, 3.8) is 0 Å². The van der Waals surface area contributed by atoms with Gasteiger partial charge in [-0.05, 0) is 30.2 Å². The minimum Gasteiger partial charge on any atom is -0.194 e. The first-order valence-corrected chi connectivity index (χ1v) is 5.90. The minimum absolute atomic E-state index is 0.483. The van der Waals surface area contributed by atoms with Crippen LogP contribution in [-0.2, 0) is 16.0 Å². The Kier molecular flexibility index (Phi) is 3.08. The van der Waals surface area contributed by atoms with Gasteiger partial charge in [0.1, 0.15) is 5.75 Å². The van der Waals surface area contributed by atoms with Gasteiger partial charge in [0.05, 0.1) is 0 Å². The summed E-state index contributed by atoms with van der Waals surface area (Å²) < 4.78 is 33.9. The Hall–Kier alpha value is -0.420. The zero-order valence-electron chi connectivity index (χ0n) is 6.92. The first-order valence-electron chi connectivity index (χ1n) is 3.56. The van der Waals surface area contributed by atoms with E-state index < -0.39 is 16.0 Å². The quantitative estimate of drug-likeness (QED) is 0.772. The third-order valence-corrected chi connectivity index (χ3v) is 2.79. The van der Waals surface area contributed by atoms with Crippen molar-refractivity contribution < 1.29 is 12.3 Å². The Morgan fingerprint density at radius 3 is 2.62 bits per heavy atom. The molecule has 0 fully saturated rings. The molecule has 1 aromatic rings. The molecule has 0 heterocycles. The first kappa shape index (κ1) is 10.7. The molecule has 72 valence electrons. The van der Waals surface area contributed by atoms with Gasteiger partial charge in [-0.3, -0.25) is 0 Å². The van der Waals surface area contributed by atoms with E-state index in [9.17, 15) is 12.3 Å². The lowest BCUT2D eigenvalue weighted by atomic mass is 10.1. The Labute approximate surface area is 85.1 Å². The molecule has 0 aromatic heterocycles. The first-order chi connectivity index (χ1) is 5.88. The fraction of sp³-hybridized carbons (Fsp3) is 0.250. The summed E-state index contributed by atoms with van der Waals surface area (Å²) in [5.41, 5.74) is 1.25. The third kappa shape index (κ3) is 3.44. The standard InChI is InChI=1S/C8H8BrFO2S/c1-6-2-3-8(9)4-7(6)5-13(10,11)12/h2-4H,5H2,1H3. The predicted octanol–water partition coefficient (Wildman–Crippen LogP) is 2.56. The van der Waals surface area contributed by atoms with Gasteiger partial charge in [-0.15, -0.1) is 3.89 Å². The minimum atomic E-state index is -4.44. The van der Waals surface area contributed by atoms with Crippen molar-refractivity contribution in [2.24, 2.45) is 0 Å². The van der Waals surface area contributed by atoms with Gasteiger partial charge in [-0.25, -0.2) is 0 Å². The SMILES string of the molecule is Cc1ccc(Br)cc1CS(=O)(=O)F. The van der Waals surface area contributed by atoms with Gasteiger partial charge in [0.15, 0.2) is 0 Å². The van der Waals surface area contributed by atoms with Gasteiger partial charge in [0.2, 0.25) is 0 Å². The van der Waals surface area contributed by atoms with Gasteiger partial charge in [0, 0.05) is 4.47 Å². The molecule has 0 N–H and O–H groups in total. The van der Waals surface area contributed by atoms with Crippen molar-refractivity contribution in [3.05, 3.63) is 33.8 Å². The lowest BCUT2D eigenvalue weighted by Crippen LogP contribution is -1.98. The molecule has 0 radical (unpaired) electrons. The Bertz CT molecular complexity index is 414. The van der Waals surface area contributed by atoms with Crippen LogP contribution in [-0.4, -0.2) is 8.42 Å². The number of hydrogen-bond acceptors (Lipinski definition) is 2. The van der Waals surface area contributed by atoms with E-state index in [1.54, 1.807) is 25.1 Å². The summed E-state index contributed by atoms with van der Waals surface area (Å²) in [4.78, 5) is 0. The van der Waals surface area contributed by atoms with Crippen LogP contribution < -0.4 is 0 Å². The molecule has 1 aromatic carbocycles. The lowest BCUT2D eigenvalue weighted by Gasteiger charge is -2.02. The molecular formula is C8H8BrFO2S. The molecule has 1 rings (SSSR count). The number of hydrogen-bond donors (Lipinski definition) is 0. The summed E-state index contributed by atoms with van der Waals surface area (Å²) >= 11 is 3.19. The maximum absolute atomic E-state index is 12.3. The van der Waals surface area contributed by atoms with E-state index in [1.165, 1.54) is 0 Å². The molecule has 2 nitrogen and oxygen atoms in total. The van der Waals surface area contributed by atoms with Crippen LogP contribution in [0.15, 0.2) is 22.7 Å². The van der Waals surface area contributed by atoms with E-state index >= 15 is 0 Å². The van der Waals surface area contributed by atoms with E-state index in [1.807, 2.05) is 0 Å². The summed E-state index contributed by atoms with van der Waals surface area (Å²) in [7, 11) is -4.44. The molecule has 5 heteroatoms. The molecule has 0 saturated heterocycles. The van der Waals surface area contributed by atoms with Crippen molar-refractivity contribution in [3.8, 4) is 0 Å². The van der Waals surface area contributed by atoms with Crippen LogP contribution in [0.4, 0.5) is 3.89 Å². The van der Waals surface area contributed by atoms with Crippen LogP contribution in [0.2, 0.25) is 0 Å². The lowest BCUT2D eigenvalue weighted by molar-refractivity contribution is 0.551. The predicted molar refractivity (Wildman–Crippen MR) is 52.6 cm³/mol. The van der Waals surface area contributed by atoms with Gasteiger partial charge >= 0.3 is 10.2 Å². The van der Waals surface area contributed by atoms with E-state index in [2.05, 4.69) is 15.9 Å². The monoisotopic (exact) mass is 266 g/mol. The van der Waals surface area contributed by atoms with Crippen molar-refractivity contribution in [2.75, 3.05) is 0 Å². The largest absolute Gasteiger partial charge is 0.306 e. The molecule has 0 spiro atoms. The maximum atomic E-state index is 12.3. The van der Waals surface area contributed by atoms with Crippen molar-refractivity contribution in [1.82, 2.24) is 0 Å². The molecule has 0 aliphatic rings.